The van der Waals surface area contributed by atoms with Crippen molar-refractivity contribution < 1.29 is 4.74 Å². The molecule has 172 valence electrons. The van der Waals surface area contributed by atoms with Gasteiger partial charge in [-0.2, -0.15) is 0 Å². The molecule has 3 heteroatoms. The maximum absolute atomic E-state index is 6.16. The molecule has 0 atom stereocenters. The van der Waals surface area contributed by atoms with Crippen molar-refractivity contribution >= 4 is 0 Å². The zero-order valence-electron chi connectivity index (χ0n) is 19.9. The zero-order valence-corrected chi connectivity index (χ0v) is 19.9. The summed E-state index contributed by atoms with van der Waals surface area (Å²) in [5.41, 5.74) is 0. The van der Waals surface area contributed by atoms with Crippen LogP contribution in [0.3, 0.4) is 0 Å². The smallest absolute Gasteiger partial charge is 0.0600 e. The molecular formula is C26H52N2O. The average molecular weight is 409 g/mol. The van der Waals surface area contributed by atoms with Gasteiger partial charge in [0.2, 0.25) is 0 Å². The van der Waals surface area contributed by atoms with Crippen molar-refractivity contribution in [1.29, 1.82) is 0 Å². The Labute approximate surface area is 182 Å². The zero-order chi connectivity index (χ0) is 20.6. The Morgan fingerprint density at radius 1 is 0.655 bits per heavy atom. The molecule has 0 radical (unpaired) electrons. The molecule has 1 aliphatic heterocycles. The van der Waals surface area contributed by atoms with Gasteiger partial charge in [-0.1, -0.05) is 84.5 Å². The lowest BCUT2D eigenvalue weighted by atomic mass is 9.84. The topological polar surface area (TPSA) is 33.3 Å². The molecule has 0 aromatic carbocycles. The predicted molar refractivity (Wildman–Crippen MR) is 126 cm³/mol. The normalized spacial score (nSPS) is 27.9. The third kappa shape index (κ3) is 11.2. The highest BCUT2D eigenvalue weighted by molar-refractivity contribution is 4.85. The molecule has 1 heterocycles. The van der Waals surface area contributed by atoms with E-state index in [-0.39, 0.29) is 0 Å². The van der Waals surface area contributed by atoms with Gasteiger partial charge in [-0.05, 0) is 50.4 Å². The Morgan fingerprint density at radius 3 is 1.83 bits per heavy atom. The summed E-state index contributed by atoms with van der Waals surface area (Å²) in [6.45, 7) is 8.01. The maximum Gasteiger partial charge on any atom is 0.0600 e. The van der Waals surface area contributed by atoms with Gasteiger partial charge in [-0.25, -0.2) is 0 Å². The molecule has 2 N–H and O–H groups in total. The van der Waals surface area contributed by atoms with Crippen molar-refractivity contribution in [3.63, 3.8) is 0 Å². The van der Waals surface area contributed by atoms with Crippen LogP contribution in [0.15, 0.2) is 0 Å². The summed E-state index contributed by atoms with van der Waals surface area (Å²) >= 11 is 0. The fourth-order valence-electron chi connectivity index (χ4n) is 5.20. The van der Waals surface area contributed by atoms with Crippen molar-refractivity contribution in [3.8, 4) is 0 Å². The predicted octanol–water partition coefficient (Wildman–Crippen LogP) is 6.81. The van der Waals surface area contributed by atoms with Crippen molar-refractivity contribution in [3.05, 3.63) is 0 Å². The lowest BCUT2D eigenvalue weighted by Gasteiger charge is -2.39. The van der Waals surface area contributed by atoms with E-state index in [0.717, 1.165) is 18.4 Å². The number of hydrogen-bond acceptors (Lipinski definition) is 3. The summed E-state index contributed by atoms with van der Waals surface area (Å²) in [4.78, 5) is 0. The standard InChI is InChI=1S/C26H52N2O/c1-3-5-7-9-10-11-13-15-23-21-27-26(28-22-23)24-16-18-25(19-17-24)29-20-14-12-8-6-4-2/h23-28H,3-22H2,1-2H3. The monoisotopic (exact) mass is 408 g/mol. The van der Waals surface area contributed by atoms with E-state index >= 15 is 0 Å². The fourth-order valence-corrected chi connectivity index (χ4v) is 5.20. The Balaban J connectivity index is 1.45. The minimum absolute atomic E-state index is 0.533. The number of nitrogens with one attached hydrogen (secondary N) is 2. The van der Waals surface area contributed by atoms with E-state index in [1.165, 1.54) is 122 Å². The number of ether oxygens (including phenoxy) is 1. The first kappa shape index (κ1) is 25.1. The van der Waals surface area contributed by atoms with Crippen molar-refractivity contribution in [2.45, 2.75) is 135 Å². The second-order valence-electron chi connectivity index (χ2n) is 9.89. The molecule has 29 heavy (non-hydrogen) atoms. The highest BCUT2D eigenvalue weighted by atomic mass is 16.5. The van der Waals surface area contributed by atoms with Gasteiger partial charge in [0.15, 0.2) is 0 Å². The van der Waals surface area contributed by atoms with Gasteiger partial charge in [0.1, 0.15) is 0 Å². The molecule has 0 spiro atoms. The molecule has 0 amide bonds. The largest absolute Gasteiger partial charge is 0.378 e. The van der Waals surface area contributed by atoms with E-state index in [9.17, 15) is 0 Å². The summed E-state index contributed by atoms with van der Waals surface area (Å²) in [7, 11) is 0. The van der Waals surface area contributed by atoms with E-state index in [1.807, 2.05) is 0 Å². The molecule has 0 bridgehead atoms. The highest BCUT2D eigenvalue weighted by Crippen LogP contribution is 2.29. The second kappa shape index (κ2) is 16.6. The van der Waals surface area contributed by atoms with Gasteiger partial charge in [-0.3, -0.25) is 0 Å². The molecule has 0 aromatic heterocycles. The average Bonchev–Trinajstić information content (AvgIpc) is 2.76. The van der Waals surface area contributed by atoms with Crippen LogP contribution in [0.4, 0.5) is 0 Å². The van der Waals surface area contributed by atoms with Crippen LogP contribution < -0.4 is 10.6 Å². The van der Waals surface area contributed by atoms with E-state index in [0.29, 0.717) is 12.3 Å². The minimum Gasteiger partial charge on any atom is -0.378 e. The minimum atomic E-state index is 0.533. The molecule has 1 saturated heterocycles. The van der Waals surface area contributed by atoms with Gasteiger partial charge in [0, 0.05) is 19.7 Å². The Bertz CT molecular complexity index is 360. The van der Waals surface area contributed by atoms with Gasteiger partial charge < -0.3 is 15.4 Å². The molecule has 2 rings (SSSR count). The molecule has 2 fully saturated rings. The first-order chi connectivity index (χ1) is 14.3. The van der Waals surface area contributed by atoms with Crippen LogP contribution >= 0.6 is 0 Å². The van der Waals surface area contributed by atoms with Crippen molar-refractivity contribution in [2.75, 3.05) is 19.7 Å². The third-order valence-corrected chi connectivity index (χ3v) is 7.26. The van der Waals surface area contributed by atoms with Crippen LogP contribution in [-0.4, -0.2) is 32.0 Å². The van der Waals surface area contributed by atoms with Crippen LogP contribution in [0.5, 0.6) is 0 Å². The van der Waals surface area contributed by atoms with Crippen LogP contribution in [0.1, 0.15) is 123 Å². The van der Waals surface area contributed by atoms with E-state index in [2.05, 4.69) is 24.5 Å². The van der Waals surface area contributed by atoms with Crippen LogP contribution in [0.25, 0.3) is 0 Å². The third-order valence-electron chi connectivity index (χ3n) is 7.26. The van der Waals surface area contributed by atoms with Crippen LogP contribution in [0.2, 0.25) is 0 Å². The van der Waals surface area contributed by atoms with Gasteiger partial charge in [-0.15, -0.1) is 0 Å². The molecular weight excluding hydrogens is 356 g/mol. The van der Waals surface area contributed by atoms with Gasteiger partial charge >= 0.3 is 0 Å². The van der Waals surface area contributed by atoms with Crippen LogP contribution in [-0.2, 0) is 4.74 Å². The van der Waals surface area contributed by atoms with Gasteiger partial charge in [0.25, 0.3) is 0 Å². The lowest BCUT2D eigenvalue weighted by Crippen LogP contribution is -2.56. The Kier molecular flexibility index (Phi) is 14.4. The maximum atomic E-state index is 6.16. The van der Waals surface area contributed by atoms with Gasteiger partial charge in [0.05, 0.1) is 12.3 Å². The molecule has 1 saturated carbocycles. The number of hydrogen-bond donors (Lipinski definition) is 2. The molecule has 2 aliphatic rings. The van der Waals surface area contributed by atoms with Crippen molar-refractivity contribution in [1.82, 2.24) is 10.6 Å². The SMILES string of the molecule is CCCCCCCCCC1CNC(C2CCC(OCCCCCCC)CC2)NC1. The quantitative estimate of drug-likeness (QED) is 0.275. The second-order valence-corrected chi connectivity index (χ2v) is 9.89. The summed E-state index contributed by atoms with van der Waals surface area (Å²) in [5.74, 6) is 1.65. The summed E-state index contributed by atoms with van der Waals surface area (Å²) in [6, 6.07) is 0. The fraction of sp³-hybridized carbons (Fsp3) is 1.00. The highest BCUT2D eigenvalue weighted by Gasteiger charge is 2.30. The van der Waals surface area contributed by atoms with E-state index < -0.39 is 0 Å². The molecule has 1 aliphatic carbocycles. The van der Waals surface area contributed by atoms with E-state index in [4.69, 9.17) is 4.74 Å². The van der Waals surface area contributed by atoms with E-state index in [1.54, 1.807) is 0 Å². The number of rotatable bonds is 16. The Morgan fingerprint density at radius 2 is 1.21 bits per heavy atom. The number of unbranched alkanes of at least 4 members (excludes halogenated alkanes) is 10. The first-order valence-electron chi connectivity index (χ1n) is 13.4. The summed E-state index contributed by atoms with van der Waals surface area (Å²) in [5, 5.41) is 7.68. The summed E-state index contributed by atoms with van der Waals surface area (Å²) < 4.78 is 6.16. The Hall–Kier alpha value is -0.120. The summed E-state index contributed by atoms with van der Waals surface area (Å²) in [6.07, 6.45) is 24.3. The van der Waals surface area contributed by atoms with Crippen LogP contribution in [0, 0.1) is 11.8 Å². The first-order valence-corrected chi connectivity index (χ1v) is 13.4. The van der Waals surface area contributed by atoms with Crippen molar-refractivity contribution in [2.24, 2.45) is 11.8 Å². The molecule has 0 aromatic rings. The molecule has 0 unspecified atom stereocenters. The lowest BCUT2D eigenvalue weighted by molar-refractivity contribution is 0.00847. The molecule has 3 nitrogen and oxygen atoms in total.